The average molecular weight is 171 g/mol. The van der Waals surface area contributed by atoms with Gasteiger partial charge in [0.25, 0.3) is 0 Å². The zero-order valence-corrected chi connectivity index (χ0v) is 8.63. The van der Waals surface area contributed by atoms with E-state index in [1.807, 2.05) is 41.0 Å². The molecule has 0 saturated carbocycles. The first-order valence-electron chi connectivity index (χ1n) is 4.49. The molecule has 2 nitrogen and oxygen atoms in total. The molecule has 0 aromatic rings. The maximum atomic E-state index is 11.3. The van der Waals surface area contributed by atoms with Crippen molar-refractivity contribution in [3.63, 3.8) is 0 Å². The van der Waals surface area contributed by atoms with Crippen molar-refractivity contribution < 1.29 is 9.53 Å². The Morgan fingerprint density at radius 2 is 1.75 bits per heavy atom. The minimum atomic E-state index is -0.101. The standard InChI is InChI=1S/C10H19O2/c1-6-8(4)12-10(11)9(5)7(2)3/h6-9H,1-5H3/t8-,9-/m0/s1. The van der Waals surface area contributed by atoms with Crippen LogP contribution < -0.4 is 0 Å². The third-order valence-electron chi connectivity index (χ3n) is 2.14. The molecule has 0 bridgehead atoms. The molecule has 0 aromatic heterocycles. The second-order valence-corrected chi connectivity index (χ2v) is 3.51. The zero-order valence-electron chi connectivity index (χ0n) is 8.63. The lowest BCUT2D eigenvalue weighted by Crippen LogP contribution is -2.23. The van der Waals surface area contributed by atoms with Crippen molar-refractivity contribution in [1.29, 1.82) is 0 Å². The highest BCUT2D eigenvalue weighted by Crippen LogP contribution is 2.12. The van der Waals surface area contributed by atoms with Crippen molar-refractivity contribution in [2.24, 2.45) is 11.8 Å². The number of hydrogen-bond acceptors (Lipinski definition) is 2. The smallest absolute Gasteiger partial charge is 0.309 e. The third-order valence-corrected chi connectivity index (χ3v) is 2.14. The van der Waals surface area contributed by atoms with Crippen molar-refractivity contribution >= 4 is 5.97 Å². The highest BCUT2D eigenvalue weighted by Gasteiger charge is 2.19. The van der Waals surface area contributed by atoms with E-state index in [0.717, 1.165) is 0 Å². The minimum absolute atomic E-state index is 0.00704. The Morgan fingerprint density at radius 3 is 2.08 bits per heavy atom. The fraction of sp³-hybridized carbons (Fsp3) is 0.800. The Hall–Kier alpha value is -0.530. The fourth-order valence-electron chi connectivity index (χ4n) is 0.631. The van der Waals surface area contributed by atoms with Crippen LogP contribution in [-0.4, -0.2) is 12.1 Å². The number of carbonyl (C=O) groups is 1. The Labute approximate surface area is 75.3 Å². The summed E-state index contributed by atoms with van der Waals surface area (Å²) in [7, 11) is 0. The first-order valence-corrected chi connectivity index (χ1v) is 4.49. The van der Waals surface area contributed by atoms with Gasteiger partial charge in [-0.25, -0.2) is 0 Å². The van der Waals surface area contributed by atoms with Crippen LogP contribution in [0.2, 0.25) is 0 Å². The van der Waals surface area contributed by atoms with Crippen molar-refractivity contribution in [3.05, 3.63) is 6.42 Å². The Balaban J connectivity index is 3.87. The minimum Gasteiger partial charge on any atom is -0.462 e. The monoisotopic (exact) mass is 171 g/mol. The van der Waals surface area contributed by atoms with E-state index in [1.54, 1.807) is 0 Å². The molecule has 0 aliphatic heterocycles. The first-order chi connectivity index (χ1) is 5.49. The molecule has 0 saturated heterocycles. The summed E-state index contributed by atoms with van der Waals surface area (Å²) in [5.74, 6) is 0.240. The van der Waals surface area contributed by atoms with Gasteiger partial charge >= 0.3 is 5.97 Å². The van der Waals surface area contributed by atoms with Gasteiger partial charge in [0.1, 0.15) is 6.10 Å². The summed E-state index contributed by atoms with van der Waals surface area (Å²) >= 11 is 0. The maximum absolute atomic E-state index is 11.3. The molecule has 0 aliphatic rings. The van der Waals surface area contributed by atoms with Crippen LogP contribution in [0.3, 0.4) is 0 Å². The van der Waals surface area contributed by atoms with Crippen LogP contribution in [0.1, 0.15) is 34.6 Å². The fourth-order valence-corrected chi connectivity index (χ4v) is 0.631. The third kappa shape index (κ3) is 3.74. The molecule has 0 heterocycles. The van der Waals surface area contributed by atoms with E-state index in [0.29, 0.717) is 5.92 Å². The van der Waals surface area contributed by atoms with Gasteiger partial charge in [0.05, 0.1) is 5.92 Å². The lowest BCUT2D eigenvalue weighted by molar-refractivity contribution is -0.152. The van der Waals surface area contributed by atoms with Gasteiger partial charge < -0.3 is 4.74 Å². The second-order valence-electron chi connectivity index (χ2n) is 3.51. The number of rotatable bonds is 4. The van der Waals surface area contributed by atoms with Crippen molar-refractivity contribution in [3.8, 4) is 0 Å². The molecule has 12 heavy (non-hydrogen) atoms. The number of carbonyl (C=O) groups excluding carboxylic acids is 1. The summed E-state index contributed by atoms with van der Waals surface area (Å²) < 4.78 is 5.13. The predicted molar refractivity (Wildman–Crippen MR) is 49.5 cm³/mol. The summed E-state index contributed by atoms with van der Waals surface area (Å²) in [6, 6.07) is 0. The second kappa shape index (κ2) is 5.18. The lowest BCUT2D eigenvalue weighted by Gasteiger charge is -2.17. The largest absolute Gasteiger partial charge is 0.462 e. The van der Waals surface area contributed by atoms with Gasteiger partial charge in [-0.2, -0.15) is 0 Å². The molecule has 0 fully saturated rings. The van der Waals surface area contributed by atoms with Crippen LogP contribution in [0.5, 0.6) is 0 Å². The molecule has 2 atom stereocenters. The molecule has 71 valence electrons. The van der Waals surface area contributed by atoms with Gasteiger partial charge in [0.2, 0.25) is 0 Å². The van der Waals surface area contributed by atoms with E-state index in [1.165, 1.54) is 0 Å². The quantitative estimate of drug-likeness (QED) is 0.607. The summed E-state index contributed by atoms with van der Waals surface area (Å²) in [6.07, 6.45) is 1.80. The van der Waals surface area contributed by atoms with Crippen LogP contribution in [0.25, 0.3) is 0 Å². The first kappa shape index (κ1) is 11.5. The van der Waals surface area contributed by atoms with E-state index in [4.69, 9.17) is 4.74 Å². The van der Waals surface area contributed by atoms with Gasteiger partial charge in [0, 0.05) is 0 Å². The topological polar surface area (TPSA) is 26.3 Å². The SMILES string of the molecule is C[CH][C@H](C)OC(=O)[C@@H](C)C(C)C. The highest BCUT2D eigenvalue weighted by atomic mass is 16.5. The Kier molecular flexibility index (Phi) is 4.95. The molecule has 2 heteroatoms. The molecule has 1 radical (unpaired) electrons. The molecular weight excluding hydrogens is 152 g/mol. The van der Waals surface area contributed by atoms with Crippen LogP contribution >= 0.6 is 0 Å². The molecule has 0 N–H and O–H groups in total. The predicted octanol–water partition coefficient (Wildman–Crippen LogP) is 2.43. The normalized spacial score (nSPS) is 15.8. The summed E-state index contributed by atoms with van der Waals surface area (Å²) in [6.45, 7) is 9.69. The van der Waals surface area contributed by atoms with Gasteiger partial charge in [-0.15, -0.1) is 0 Å². The van der Waals surface area contributed by atoms with E-state index >= 15 is 0 Å². The Morgan fingerprint density at radius 1 is 1.25 bits per heavy atom. The summed E-state index contributed by atoms with van der Waals surface area (Å²) in [5.41, 5.74) is 0. The maximum Gasteiger partial charge on any atom is 0.309 e. The number of ether oxygens (including phenoxy) is 1. The molecule has 0 spiro atoms. The van der Waals surface area contributed by atoms with Crippen LogP contribution in [0, 0.1) is 18.3 Å². The van der Waals surface area contributed by atoms with Gasteiger partial charge in [-0.1, -0.05) is 27.7 Å². The molecule has 0 rings (SSSR count). The molecule has 0 amide bonds. The van der Waals surface area contributed by atoms with Crippen LogP contribution in [-0.2, 0) is 9.53 Å². The van der Waals surface area contributed by atoms with Crippen molar-refractivity contribution in [2.75, 3.05) is 0 Å². The average Bonchev–Trinajstić information content (AvgIpc) is 2.02. The van der Waals surface area contributed by atoms with Gasteiger partial charge in [-0.05, 0) is 19.3 Å². The Bertz CT molecular complexity index is 141. The molecule has 0 aliphatic carbocycles. The number of hydrogen-bond donors (Lipinski definition) is 0. The van der Waals surface area contributed by atoms with E-state index in [9.17, 15) is 4.79 Å². The van der Waals surface area contributed by atoms with E-state index in [2.05, 4.69) is 0 Å². The highest BCUT2D eigenvalue weighted by molar-refractivity contribution is 5.72. The van der Waals surface area contributed by atoms with Crippen LogP contribution in [0.4, 0.5) is 0 Å². The van der Waals surface area contributed by atoms with Crippen molar-refractivity contribution in [2.45, 2.75) is 40.7 Å². The number of esters is 1. The van der Waals surface area contributed by atoms with E-state index in [-0.39, 0.29) is 18.0 Å². The zero-order chi connectivity index (χ0) is 9.72. The van der Waals surface area contributed by atoms with E-state index < -0.39 is 0 Å². The summed E-state index contributed by atoms with van der Waals surface area (Å²) in [4.78, 5) is 11.3. The summed E-state index contributed by atoms with van der Waals surface area (Å²) in [5, 5.41) is 0. The van der Waals surface area contributed by atoms with Crippen molar-refractivity contribution in [1.82, 2.24) is 0 Å². The molecule has 0 unspecified atom stereocenters. The van der Waals surface area contributed by atoms with Gasteiger partial charge in [0.15, 0.2) is 0 Å². The molecular formula is C10H19O2. The van der Waals surface area contributed by atoms with Crippen LogP contribution in [0.15, 0.2) is 0 Å². The lowest BCUT2D eigenvalue weighted by atomic mass is 9.98. The van der Waals surface area contributed by atoms with Gasteiger partial charge in [-0.3, -0.25) is 4.79 Å². The molecule has 0 aromatic carbocycles.